The van der Waals surface area contributed by atoms with Crippen LogP contribution < -0.4 is 0 Å². The first-order valence-corrected chi connectivity index (χ1v) is 7.69. The monoisotopic (exact) mass is 299 g/mol. The molecule has 0 N–H and O–H groups in total. The van der Waals surface area contributed by atoms with Crippen LogP contribution >= 0.6 is 0 Å². The molecule has 22 heavy (non-hydrogen) atoms. The Bertz CT molecular complexity index is 616. The zero-order valence-electron chi connectivity index (χ0n) is 12.9. The van der Waals surface area contributed by atoms with E-state index in [4.69, 9.17) is 0 Å². The Labute approximate surface area is 130 Å². The Hall–Kier alpha value is -2.21. The van der Waals surface area contributed by atoms with E-state index in [1.807, 2.05) is 30.3 Å². The molecule has 3 heterocycles. The number of aromatic nitrogens is 3. The van der Waals surface area contributed by atoms with Crippen molar-refractivity contribution in [1.82, 2.24) is 24.6 Å². The summed E-state index contributed by atoms with van der Waals surface area (Å²) in [6, 6.07) is 4.05. The van der Waals surface area contributed by atoms with E-state index in [2.05, 4.69) is 21.0 Å². The minimum Gasteiger partial charge on any atom is -0.336 e. The summed E-state index contributed by atoms with van der Waals surface area (Å²) in [5.41, 5.74) is 1.90. The summed E-state index contributed by atoms with van der Waals surface area (Å²) in [5, 5.41) is 4.17. The van der Waals surface area contributed by atoms with Crippen LogP contribution in [0.3, 0.4) is 0 Å². The van der Waals surface area contributed by atoms with Crippen LogP contribution in [0.2, 0.25) is 0 Å². The highest BCUT2D eigenvalue weighted by Gasteiger charge is 2.23. The van der Waals surface area contributed by atoms with Crippen molar-refractivity contribution in [1.29, 1.82) is 0 Å². The quantitative estimate of drug-likeness (QED) is 0.853. The number of hydrogen-bond donors (Lipinski definition) is 0. The zero-order valence-corrected chi connectivity index (χ0v) is 12.9. The van der Waals surface area contributed by atoms with E-state index in [0.717, 1.165) is 39.3 Å². The van der Waals surface area contributed by atoms with Gasteiger partial charge in [-0.2, -0.15) is 5.10 Å². The van der Waals surface area contributed by atoms with Gasteiger partial charge in [0.1, 0.15) is 0 Å². The standard InChI is InChI=1S/C16H21N5O/c1-2-21-13-15(11-18-21)16(22)20-8-6-19(7-9-20)12-14-4-3-5-17-10-14/h3-5,10-11,13H,2,6-9,12H2,1H3. The van der Waals surface area contributed by atoms with Gasteiger partial charge in [-0.1, -0.05) is 6.07 Å². The van der Waals surface area contributed by atoms with E-state index >= 15 is 0 Å². The Balaban J connectivity index is 1.54. The number of hydrogen-bond acceptors (Lipinski definition) is 4. The first kappa shape index (κ1) is 14.7. The number of nitrogens with zero attached hydrogens (tertiary/aromatic N) is 5. The molecule has 1 amide bonds. The van der Waals surface area contributed by atoms with E-state index in [1.54, 1.807) is 17.1 Å². The molecule has 0 aliphatic carbocycles. The second-order valence-corrected chi connectivity index (χ2v) is 5.51. The molecule has 2 aromatic heterocycles. The molecule has 0 bridgehead atoms. The van der Waals surface area contributed by atoms with Gasteiger partial charge in [-0.25, -0.2) is 0 Å². The number of carbonyl (C=O) groups excluding carboxylic acids is 1. The third-order valence-electron chi connectivity index (χ3n) is 3.99. The Kier molecular flexibility index (Phi) is 4.48. The van der Waals surface area contributed by atoms with Gasteiger partial charge in [0.05, 0.1) is 11.8 Å². The van der Waals surface area contributed by atoms with Gasteiger partial charge in [0, 0.05) is 57.9 Å². The molecule has 0 spiro atoms. The van der Waals surface area contributed by atoms with E-state index in [1.165, 1.54) is 5.56 Å². The molecule has 2 aromatic rings. The second-order valence-electron chi connectivity index (χ2n) is 5.51. The second kappa shape index (κ2) is 6.70. The maximum absolute atomic E-state index is 12.4. The summed E-state index contributed by atoms with van der Waals surface area (Å²) in [4.78, 5) is 20.9. The summed E-state index contributed by atoms with van der Waals surface area (Å²) >= 11 is 0. The summed E-state index contributed by atoms with van der Waals surface area (Å²) in [6.07, 6.45) is 7.17. The number of amides is 1. The topological polar surface area (TPSA) is 54.3 Å². The molecule has 0 radical (unpaired) electrons. The van der Waals surface area contributed by atoms with Crippen molar-refractivity contribution in [3.05, 3.63) is 48.0 Å². The van der Waals surface area contributed by atoms with E-state index in [9.17, 15) is 4.79 Å². The zero-order chi connectivity index (χ0) is 15.4. The van der Waals surface area contributed by atoms with Crippen molar-refractivity contribution in [2.45, 2.75) is 20.0 Å². The lowest BCUT2D eigenvalue weighted by Gasteiger charge is -2.34. The lowest BCUT2D eigenvalue weighted by atomic mass is 10.2. The smallest absolute Gasteiger partial charge is 0.257 e. The first-order valence-electron chi connectivity index (χ1n) is 7.69. The van der Waals surface area contributed by atoms with E-state index in [-0.39, 0.29) is 5.91 Å². The maximum Gasteiger partial charge on any atom is 0.257 e. The van der Waals surface area contributed by atoms with Crippen molar-refractivity contribution in [2.75, 3.05) is 26.2 Å². The molecule has 6 heteroatoms. The molecular weight excluding hydrogens is 278 g/mol. The molecule has 1 aliphatic rings. The molecule has 1 fully saturated rings. The summed E-state index contributed by atoms with van der Waals surface area (Å²) in [5.74, 6) is 0.0840. The van der Waals surface area contributed by atoms with Crippen LogP contribution in [0.1, 0.15) is 22.8 Å². The van der Waals surface area contributed by atoms with Gasteiger partial charge in [0.15, 0.2) is 0 Å². The molecule has 1 aliphatic heterocycles. The van der Waals surface area contributed by atoms with Gasteiger partial charge in [0.2, 0.25) is 0 Å². The molecular formula is C16H21N5O. The van der Waals surface area contributed by atoms with Crippen LogP contribution in [0.25, 0.3) is 0 Å². The largest absolute Gasteiger partial charge is 0.336 e. The summed E-state index contributed by atoms with van der Waals surface area (Å²) < 4.78 is 1.78. The number of pyridine rings is 1. The minimum absolute atomic E-state index is 0.0840. The highest BCUT2D eigenvalue weighted by molar-refractivity contribution is 5.93. The van der Waals surface area contributed by atoms with Crippen LogP contribution in [-0.4, -0.2) is 56.7 Å². The predicted octanol–water partition coefficient (Wildman–Crippen LogP) is 1.26. The predicted molar refractivity (Wildman–Crippen MR) is 83.3 cm³/mol. The molecule has 0 atom stereocenters. The van der Waals surface area contributed by atoms with Crippen molar-refractivity contribution < 1.29 is 4.79 Å². The third-order valence-corrected chi connectivity index (χ3v) is 3.99. The average Bonchev–Trinajstić information content (AvgIpc) is 3.05. The number of aryl methyl sites for hydroxylation is 1. The minimum atomic E-state index is 0.0840. The van der Waals surface area contributed by atoms with E-state index in [0.29, 0.717) is 5.56 Å². The molecule has 0 aromatic carbocycles. The van der Waals surface area contributed by atoms with Crippen LogP contribution in [-0.2, 0) is 13.1 Å². The molecule has 116 valence electrons. The number of piperazine rings is 1. The molecule has 3 rings (SSSR count). The van der Waals surface area contributed by atoms with Gasteiger partial charge in [-0.05, 0) is 18.6 Å². The molecule has 0 unspecified atom stereocenters. The van der Waals surface area contributed by atoms with Gasteiger partial charge < -0.3 is 4.90 Å². The van der Waals surface area contributed by atoms with Crippen LogP contribution in [0.15, 0.2) is 36.9 Å². The van der Waals surface area contributed by atoms with E-state index < -0.39 is 0 Å². The third kappa shape index (κ3) is 3.33. The van der Waals surface area contributed by atoms with Gasteiger partial charge in [-0.3, -0.25) is 19.4 Å². The lowest BCUT2D eigenvalue weighted by molar-refractivity contribution is 0.0628. The van der Waals surface area contributed by atoms with Crippen LogP contribution in [0.5, 0.6) is 0 Å². The Morgan fingerprint density at radius 2 is 2.05 bits per heavy atom. The lowest BCUT2D eigenvalue weighted by Crippen LogP contribution is -2.48. The average molecular weight is 299 g/mol. The maximum atomic E-state index is 12.4. The van der Waals surface area contributed by atoms with Gasteiger partial charge in [0.25, 0.3) is 5.91 Å². The molecule has 6 nitrogen and oxygen atoms in total. The fraction of sp³-hybridized carbons (Fsp3) is 0.438. The summed E-state index contributed by atoms with van der Waals surface area (Å²) in [7, 11) is 0. The normalized spacial score (nSPS) is 16.0. The summed E-state index contributed by atoms with van der Waals surface area (Å²) in [6.45, 7) is 6.99. The van der Waals surface area contributed by atoms with Gasteiger partial charge >= 0.3 is 0 Å². The fourth-order valence-electron chi connectivity index (χ4n) is 2.69. The highest BCUT2D eigenvalue weighted by Crippen LogP contribution is 2.11. The van der Waals surface area contributed by atoms with Crippen LogP contribution in [0, 0.1) is 0 Å². The number of rotatable bonds is 4. The Morgan fingerprint density at radius 3 is 2.68 bits per heavy atom. The van der Waals surface area contributed by atoms with Crippen molar-refractivity contribution in [3.63, 3.8) is 0 Å². The SMILES string of the molecule is CCn1cc(C(=O)N2CCN(Cc3cccnc3)CC2)cn1. The first-order chi connectivity index (χ1) is 10.8. The number of carbonyl (C=O) groups is 1. The molecule has 1 saturated heterocycles. The molecule has 0 saturated carbocycles. The van der Waals surface area contributed by atoms with Crippen molar-refractivity contribution in [2.24, 2.45) is 0 Å². The van der Waals surface area contributed by atoms with Crippen molar-refractivity contribution >= 4 is 5.91 Å². The van der Waals surface area contributed by atoms with Gasteiger partial charge in [-0.15, -0.1) is 0 Å². The highest BCUT2D eigenvalue weighted by atomic mass is 16.2. The Morgan fingerprint density at radius 1 is 1.23 bits per heavy atom. The van der Waals surface area contributed by atoms with Crippen LogP contribution in [0.4, 0.5) is 0 Å². The van der Waals surface area contributed by atoms with Crippen molar-refractivity contribution in [3.8, 4) is 0 Å². The fourth-order valence-corrected chi connectivity index (χ4v) is 2.69.